The molecule has 1 aliphatic carbocycles. The van der Waals surface area contributed by atoms with Gasteiger partial charge in [-0.05, 0) is 50.0 Å². The molecule has 1 amide bonds. The van der Waals surface area contributed by atoms with Crippen LogP contribution in [0.4, 0.5) is 0 Å². The Balaban J connectivity index is 1.84. The average Bonchev–Trinajstić information content (AvgIpc) is 2.70. The van der Waals surface area contributed by atoms with Crippen molar-refractivity contribution < 1.29 is 23.8 Å². The maximum atomic E-state index is 12.1. The van der Waals surface area contributed by atoms with Gasteiger partial charge in [0.15, 0.2) is 6.10 Å². The Labute approximate surface area is 160 Å². The van der Waals surface area contributed by atoms with Crippen molar-refractivity contribution in [3.63, 3.8) is 0 Å². The first kappa shape index (κ1) is 20.8. The molecule has 148 valence electrons. The van der Waals surface area contributed by atoms with E-state index in [1.807, 2.05) is 0 Å². The van der Waals surface area contributed by atoms with Crippen molar-refractivity contribution in [2.24, 2.45) is 5.92 Å². The maximum absolute atomic E-state index is 12.1. The zero-order chi connectivity index (χ0) is 19.6. The van der Waals surface area contributed by atoms with Gasteiger partial charge in [0.1, 0.15) is 11.5 Å². The van der Waals surface area contributed by atoms with Crippen LogP contribution in [0.2, 0.25) is 0 Å². The Hall–Kier alpha value is -2.50. The number of benzene rings is 1. The van der Waals surface area contributed by atoms with Crippen LogP contribution in [0.1, 0.15) is 44.6 Å². The minimum Gasteiger partial charge on any atom is -0.497 e. The second-order valence-corrected chi connectivity index (χ2v) is 6.77. The van der Waals surface area contributed by atoms with E-state index in [4.69, 9.17) is 14.2 Å². The van der Waals surface area contributed by atoms with E-state index in [2.05, 4.69) is 5.32 Å². The van der Waals surface area contributed by atoms with Gasteiger partial charge in [0, 0.05) is 18.2 Å². The van der Waals surface area contributed by atoms with Gasteiger partial charge < -0.3 is 19.5 Å². The number of esters is 1. The second-order valence-electron chi connectivity index (χ2n) is 6.77. The molecule has 1 N–H and O–H groups in total. The highest BCUT2D eigenvalue weighted by atomic mass is 16.5. The standard InChI is InChI=1S/C21H29NO5/c1-15(21(24)22-14-16-7-5-4-6-8-16)27-20(23)12-9-17-13-18(25-2)10-11-19(17)26-3/h9-13,15-16H,4-8,14H2,1-3H3,(H,22,24)/b12-9+/t15-/m0/s1. The summed E-state index contributed by atoms with van der Waals surface area (Å²) in [6.45, 7) is 2.23. The van der Waals surface area contributed by atoms with Gasteiger partial charge in [0.05, 0.1) is 14.2 Å². The number of nitrogens with one attached hydrogen (secondary N) is 1. The fourth-order valence-electron chi connectivity index (χ4n) is 3.17. The molecule has 0 heterocycles. The highest BCUT2D eigenvalue weighted by Gasteiger charge is 2.19. The summed E-state index contributed by atoms with van der Waals surface area (Å²) in [5.74, 6) is 0.949. The van der Waals surface area contributed by atoms with E-state index in [9.17, 15) is 9.59 Å². The molecule has 6 heteroatoms. The van der Waals surface area contributed by atoms with E-state index in [1.165, 1.54) is 25.3 Å². The second kappa shape index (κ2) is 10.6. The van der Waals surface area contributed by atoms with E-state index in [0.29, 0.717) is 29.5 Å². The third kappa shape index (κ3) is 6.62. The predicted octanol–water partition coefficient (Wildman–Crippen LogP) is 3.35. The summed E-state index contributed by atoms with van der Waals surface area (Å²) in [7, 11) is 3.12. The Morgan fingerprint density at radius 1 is 1.19 bits per heavy atom. The molecule has 0 saturated heterocycles. The lowest BCUT2D eigenvalue weighted by molar-refractivity contribution is -0.150. The molecular formula is C21H29NO5. The van der Waals surface area contributed by atoms with Gasteiger partial charge in [-0.3, -0.25) is 4.79 Å². The molecule has 1 saturated carbocycles. The van der Waals surface area contributed by atoms with Crippen molar-refractivity contribution in [3.05, 3.63) is 29.8 Å². The van der Waals surface area contributed by atoms with Crippen LogP contribution in [-0.4, -0.2) is 38.7 Å². The van der Waals surface area contributed by atoms with E-state index in [0.717, 1.165) is 12.8 Å². The first-order chi connectivity index (χ1) is 13.0. The molecule has 1 atom stereocenters. The number of rotatable bonds is 8. The zero-order valence-electron chi connectivity index (χ0n) is 16.3. The summed E-state index contributed by atoms with van der Waals surface area (Å²) < 4.78 is 15.6. The first-order valence-electron chi connectivity index (χ1n) is 9.42. The number of carbonyl (C=O) groups excluding carboxylic acids is 2. The lowest BCUT2D eigenvalue weighted by Gasteiger charge is -2.22. The SMILES string of the molecule is COc1ccc(OC)c(/C=C/C(=O)O[C@@H](C)C(=O)NCC2CCCCC2)c1. The topological polar surface area (TPSA) is 73.9 Å². The Morgan fingerprint density at radius 2 is 1.93 bits per heavy atom. The minimum atomic E-state index is -0.835. The van der Waals surface area contributed by atoms with Gasteiger partial charge in [0.25, 0.3) is 5.91 Å². The van der Waals surface area contributed by atoms with Crippen molar-refractivity contribution in [2.45, 2.75) is 45.1 Å². The number of ether oxygens (including phenoxy) is 3. The highest BCUT2D eigenvalue weighted by Crippen LogP contribution is 2.25. The third-order valence-electron chi connectivity index (χ3n) is 4.79. The molecule has 0 radical (unpaired) electrons. The molecule has 1 aromatic carbocycles. The van der Waals surface area contributed by atoms with Crippen LogP contribution in [0.15, 0.2) is 24.3 Å². The third-order valence-corrected chi connectivity index (χ3v) is 4.79. The summed E-state index contributed by atoms with van der Waals surface area (Å²) in [5.41, 5.74) is 0.684. The maximum Gasteiger partial charge on any atom is 0.331 e. The summed E-state index contributed by atoms with van der Waals surface area (Å²) in [5, 5.41) is 2.89. The van der Waals surface area contributed by atoms with Crippen LogP contribution < -0.4 is 14.8 Å². The van der Waals surface area contributed by atoms with Crippen LogP contribution in [0.5, 0.6) is 11.5 Å². The van der Waals surface area contributed by atoms with Crippen molar-refractivity contribution in [1.82, 2.24) is 5.32 Å². The van der Waals surface area contributed by atoms with Crippen LogP contribution >= 0.6 is 0 Å². The fraction of sp³-hybridized carbons (Fsp3) is 0.524. The fourth-order valence-corrected chi connectivity index (χ4v) is 3.17. The summed E-state index contributed by atoms with van der Waals surface area (Å²) in [6, 6.07) is 5.28. The molecule has 0 unspecified atom stereocenters. The predicted molar refractivity (Wildman–Crippen MR) is 104 cm³/mol. The van der Waals surface area contributed by atoms with Crippen molar-refractivity contribution in [3.8, 4) is 11.5 Å². The number of amides is 1. The largest absolute Gasteiger partial charge is 0.497 e. The normalized spacial score (nSPS) is 16.0. The Morgan fingerprint density at radius 3 is 2.59 bits per heavy atom. The molecule has 2 rings (SSSR count). The number of hydrogen-bond acceptors (Lipinski definition) is 5. The quantitative estimate of drug-likeness (QED) is 0.557. The molecule has 6 nitrogen and oxygen atoms in total. The van der Waals surface area contributed by atoms with Crippen molar-refractivity contribution >= 4 is 18.0 Å². The number of carbonyl (C=O) groups is 2. The van der Waals surface area contributed by atoms with Crippen LogP contribution in [0.3, 0.4) is 0 Å². The molecule has 0 spiro atoms. The Bertz CT molecular complexity index is 665. The number of methoxy groups -OCH3 is 2. The molecular weight excluding hydrogens is 346 g/mol. The van der Waals surface area contributed by atoms with Gasteiger partial charge in [-0.1, -0.05) is 19.3 Å². The van der Waals surface area contributed by atoms with E-state index in [-0.39, 0.29) is 5.91 Å². The minimum absolute atomic E-state index is 0.263. The van der Waals surface area contributed by atoms with Gasteiger partial charge >= 0.3 is 5.97 Å². The molecule has 0 aliphatic heterocycles. The van der Waals surface area contributed by atoms with Crippen LogP contribution in [-0.2, 0) is 14.3 Å². The van der Waals surface area contributed by atoms with Crippen LogP contribution in [0.25, 0.3) is 6.08 Å². The van der Waals surface area contributed by atoms with Crippen molar-refractivity contribution in [1.29, 1.82) is 0 Å². The van der Waals surface area contributed by atoms with Crippen LogP contribution in [0, 0.1) is 5.92 Å². The molecule has 0 aromatic heterocycles. The molecule has 1 fully saturated rings. The van der Waals surface area contributed by atoms with Gasteiger partial charge in [0.2, 0.25) is 0 Å². The van der Waals surface area contributed by atoms with Crippen molar-refractivity contribution in [2.75, 3.05) is 20.8 Å². The Kier molecular flexibility index (Phi) is 8.17. The summed E-state index contributed by atoms with van der Waals surface area (Å²) in [6.07, 6.45) is 8.06. The summed E-state index contributed by atoms with van der Waals surface area (Å²) >= 11 is 0. The van der Waals surface area contributed by atoms with Gasteiger partial charge in [-0.15, -0.1) is 0 Å². The smallest absolute Gasteiger partial charge is 0.331 e. The monoisotopic (exact) mass is 375 g/mol. The van der Waals surface area contributed by atoms with E-state index >= 15 is 0 Å². The van der Waals surface area contributed by atoms with E-state index < -0.39 is 12.1 Å². The molecule has 0 bridgehead atoms. The highest BCUT2D eigenvalue weighted by molar-refractivity contribution is 5.90. The van der Waals surface area contributed by atoms with Gasteiger partial charge in [-0.2, -0.15) is 0 Å². The number of hydrogen-bond donors (Lipinski definition) is 1. The van der Waals surface area contributed by atoms with Gasteiger partial charge in [-0.25, -0.2) is 4.79 Å². The lowest BCUT2D eigenvalue weighted by atomic mass is 9.89. The average molecular weight is 375 g/mol. The molecule has 27 heavy (non-hydrogen) atoms. The zero-order valence-corrected chi connectivity index (χ0v) is 16.3. The molecule has 1 aromatic rings. The van der Waals surface area contributed by atoms with E-state index in [1.54, 1.807) is 45.4 Å². The molecule has 1 aliphatic rings. The lowest BCUT2D eigenvalue weighted by Crippen LogP contribution is -2.38. The summed E-state index contributed by atoms with van der Waals surface area (Å²) in [4.78, 5) is 24.2. The first-order valence-corrected chi connectivity index (χ1v) is 9.42.